The number of benzene rings is 6. The number of nitrogens with zero attached hydrogens (tertiary/aromatic N) is 2. The summed E-state index contributed by atoms with van der Waals surface area (Å²) in [5.41, 5.74) is 15.4. The average Bonchev–Trinajstić information content (AvgIpc) is 3.19. The number of unbranched alkanes of at least 4 members (excludes halogenated alkanes) is 6. The molecular formula is C50H56N2. The highest BCUT2D eigenvalue weighted by molar-refractivity contribution is 5.82. The van der Waals surface area contributed by atoms with Crippen LogP contribution in [0.25, 0.3) is 22.3 Å². The summed E-state index contributed by atoms with van der Waals surface area (Å²) in [6.07, 6.45) is 12.4. The molecule has 6 rings (SSSR count). The summed E-state index contributed by atoms with van der Waals surface area (Å²) < 4.78 is 0. The van der Waals surface area contributed by atoms with Crippen LogP contribution in [0.2, 0.25) is 0 Å². The van der Waals surface area contributed by atoms with Crippen molar-refractivity contribution < 1.29 is 0 Å². The number of para-hydroxylation sites is 2. The molecule has 0 unspecified atom stereocenters. The van der Waals surface area contributed by atoms with E-state index in [0.717, 1.165) is 18.5 Å². The first-order valence-corrected chi connectivity index (χ1v) is 19.6. The molecule has 266 valence electrons. The van der Waals surface area contributed by atoms with Gasteiger partial charge in [-0.15, -0.1) is 0 Å². The molecule has 0 radical (unpaired) electrons. The molecule has 0 atom stereocenters. The van der Waals surface area contributed by atoms with E-state index in [1.54, 1.807) is 0 Å². The Morgan fingerprint density at radius 3 is 1.40 bits per heavy atom. The molecule has 0 aromatic heterocycles. The molecule has 0 saturated carbocycles. The number of aryl methyl sites for hydroxylation is 3. The molecule has 2 nitrogen and oxygen atoms in total. The van der Waals surface area contributed by atoms with Gasteiger partial charge in [-0.1, -0.05) is 143 Å². The lowest BCUT2D eigenvalue weighted by Crippen LogP contribution is -2.10. The summed E-state index contributed by atoms with van der Waals surface area (Å²) in [6.45, 7) is 6.82. The Hall–Kier alpha value is -5.08. The van der Waals surface area contributed by atoms with Crippen LogP contribution in [0.15, 0.2) is 146 Å². The minimum Gasteiger partial charge on any atom is -0.345 e. The standard InChI is InChI=1S/C50H56N2/c1-5-7-9-13-19-42-37-39(3)25-35-49(42)50-36-34-48(38-43(50)20-14-10-8-6-2)52(46-23-17-12-18-24-46)47-32-28-41(29-33-47)40-26-30-45(31-27-40)51(4)44-21-15-11-16-22-44/h11-12,15-18,21-38H,5-10,13-14,19-20H2,1-4H3. The molecule has 52 heavy (non-hydrogen) atoms. The zero-order valence-electron chi connectivity index (χ0n) is 31.8. The molecule has 0 heterocycles. The van der Waals surface area contributed by atoms with E-state index in [2.05, 4.69) is 183 Å². The fourth-order valence-corrected chi connectivity index (χ4v) is 7.37. The Labute approximate surface area is 313 Å². The molecule has 0 N–H and O–H groups in total. The minimum atomic E-state index is 1.09. The van der Waals surface area contributed by atoms with E-state index in [0.29, 0.717) is 0 Å². The van der Waals surface area contributed by atoms with Crippen molar-refractivity contribution in [1.29, 1.82) is 0 Å². The van der Waals surface area contributed by atoms with Gasteiger partial charge in [-0.3, -0.25) is 0 Å². The van der Waals surface area contributed by atoms with Crippen LogP contribution in [0.3, 0.4) is 0 Å². The van der Waals surface area contributed by atoms with E-state index in [9.17, 15) is 0 Å². The third-order valence-corrected chi connectivity index (χ3v) is 10.4. The van der Waals surface area contributed by atoms with E-state index in [1.165, 1.54) is 113 Å². The molecule has 0 fully saturated rings. The van der Waals surface area contributed by atoms with Gasteiger partial charge in [0.25, 0.3) is 0 Å². The van der Waals surface area contributed by atoms with Crippen molar-refractivity contribution in [2.45, 2.75) is 85.0 Å². The molecule has 0 aliphatic heterocycles. The Balaban J connectivity index is 1.33. The van der Waals surface area contributed by atoms with Gasteiger partial charge >= 0.3 is 0 Å². The van der Waals surface area contributed by atoms with Gasteiger partial charge in [0.15, 0.2) is 0 Å². The van der Waals surface area contributed by atoms with Crippen LogP contribution in [-0.2, 0) is 12.8 Å². The predicted octanol–water partition coefficient (Wildman–Crippen LogP) is 14.8. The number of rotatable bonds is 17. The second kappa shape index (κ2) is 18.4. The summed E-state index contributed by atoms with van der Waals surface area (Å²) in [5.74, 6) is 0. The number of hydrogen-bond donors (Lipinski definition) is 0. The molecule has 0 saturated heterocycles. The molecule has 2 heteroatoms. The van der Waals surface area contributed by atoms with Crippen LogP contribution in [0.4, 0.5) is 28.4 Å². The van der Waals surface area contributed by atoms with Crippen molar-refractivity contribution in [3.05, 3.63) is 162 Å². The van der Waals surface area contributed by atoms with Crippen molar-refractivity contribution in [3.63, 3.8) is 0 Å². The maximum absolute atomic E-state index is 2.48. The SMILES string of the molecule is CCCCCCc1cc(C)ccc1-c1ccc(N(c2ccccc2)c2ccc(-c3ccc(N(C)c4ccccc4)cc3)cc2)cc1CCCCCC. The highest BCUT2D eigenvalue weighted by atomic mass is 15.1. The van der Waals surface area contributed by atoms with E-state index in [4.69, 9.17) is 0 Å². The minimum absolute atomic E-state index is 1.09. The van der Waals surface area contributed by atoms with E-state index >= 15 is 0 Å². The third-order valence-electron chi connectivity index (χ3n) is 10.4. The van der Waals surface area contributed by atoms with Crippen molar-refractivity contribution >= 4 is 28.4 Å². The van der Waals surface area contributed by atoms with Crippen molar-refractivity contribution in [2.24, 2.45) is 0 Å². The largest absolute Gasteiger partial charge is 0.345 e. The van der Waals surface area contributed by atoms with Gasteiger partial charge in [0.2, 0.25) is 0 Å². The van der Waals surface area contributed by atoms with E-state index in [1.807, 2.05) is 0 Å². The quantitative estimate of drug-likeness (QED) is 0.0882. The van der Waals surface area contributed by atoms with Crippen molar-refractivity contribution in [2.75, 3.05) is 16.8 Å². The lowest BCUT2D eigenvalue weighted by atomic mass is 9.89. The molecule has 6 aromatic carbocycles. The Morgan fingerprint density at radius 2 is 0.846 bits per heavy atom. The molecule has 0 spiro atoms. The van der Waals surface area contributed by atoms with Crippen LogP contribution in [-0.4, -0.2) is 7.05 Å². The fourth-order valence-electron chi connectivity index (χ4n) is 7.37. The van der Waals surface area contributed by atoms with Crippen molar-refractivity contribution in [3.8, 4) is 22.3 Å². The Morgan fingerprint density at radius 1 is 0.404 bits per heavy atom. The summed E-state index contributed by atoms with van der Waals surface area (Å²) >= 11 is 0. The van der Waals surface area contributed by atoms with Crippen LogP contribution in [0.5, 0.6) is 0 Å². The van der Waals surface area contributed by atoms with Crippen molar-refractivity contribution in [1.82, 2.24) is 0 Å². The lowest BCUT2D eigenvalue weighted by Gasteiger charge is -2.27. The van der Waals surface area contributed by atoms with Gasteiger partial charge < -0.3 is 9.80 Å². The normalized spacial score (nSPS) is 11.1. The highest BCUT2D eigenvalue weighted by Crippen LogP contribution is 2.39. The first-order chi connectivity index (χ1) is 25.6. The fraction of sp³-hybridized carbons (Fsp3) is 0.280. The van der Waals surface area contributed by atoms with Gasteiger partial charge in [0.05, 0.1) is 0 Å². The second-order valence-corrected chi connectivity index (χ2v) is 14.3. The number of anilines is 5. The monoisotopic (exact) mass is 684 g/mol. The van der Waals surface area contributed by atoms with Gasteiger partial charge in [0.1, 0.15) is 0 Å². The molecule has 0 amide bonds. The van der Waals surface area contributed by atoms with Gasteiger partial charge in [-0.05, 0) is 127 Å². The number of hydrogen-bond acceptors (Lipinski definition) is 2. The van der Waals surface area contributed by atoms with Gasteiger partial charge in [-0.25, -0.2) is 0 Å². The van der Waals surface area contributed by atoms with Gasteiger partial charge in [-0.2, -0.15) is 0 Å². The summed E-state index contributed by atoms with van der Waals surface area (Å²) in [6, 6.07) is 53.6. The lowest BCUT2D eigenvalue weighted by molar-refractivity contribution is 0.665. The zero-order valence-corrected chi connectivity index (χ0v) is 31.8. The maximum Gasteiger partial charge on any atom is 0.0464 e. The summed E-state index contributed by atoms with van der Waals surface area (Å²) in [7, 11) is 2.12. The third kappa shape index (κ3) is 9.22. The van der Waals surface area contributed by atoms with E-state index < -0.39 is 0 Å². The van der Waals surface area contributed by atoms with Gasteiger partial charge in [0, 0.05) is 35.5 Å². The first-order valence-electron chi connectivity index (χ1n) is 19.6. The molecule has 6 aromatic rings. The molecule has 0 bridgehead atoms. The summed E-state index contributed by atoms with van der Waals surface area (Å²) in [5, 5.41) is 0. The predicted molar refractivity (Wildman–Crippen MR) is 227 cm³/mol. The van der Waals surface area contributed by atoms with Crippen LogP contribution >= 0.6 is 0 Å². The van der Waals surface area contributed by atoms with Crippen LogP contribution in [0, 0.1) is 6.92 Å². The Kier molecular flexibility index (Phi) is 13.0. The second-order valence-electron chi connectivity index (χ2n) is 14.3. The topological polar surface area (TPSA) is 6.48 Å². The molecule has 0 aliphatic carbocycles. The van der Waals surface area contributed by atoms with E-state index in [-0.39, 0.29) is 0 Å². The highest BCUT2D eigenvalue weighted by Gasteiger charge is 2.17. The van der Waals surface area contributed by atoms with Crippen LogP contribution in [0.1, 0.15) is 81.9 Å². The smallest absolute Gasteiger partial charge is 0.0464 e. The zero-order chi connectivity index (χ0) is 36.1. The van der Waals surface area contributed by atoms with Crippen LogP contribution < -0.4 is 9.80 Å². The first kappa shape index (κ1) is 36.7. The molecular weight excluding hydrogens is 629 g/mol. The Bertz CT molecular complexity index is 1960. The summed E-state index contributed by atoms with van der Waals surface area (Å²) in [4.78, 5) is 4.64. The maximum atomic E-state index is 2.48. The molecule has 0 aliphatic rings. The average molecular weight is 685 g/mol.